The van der Waals surface area contributed by atoms with Crippen LogP contribution in [-0.2, 0) is 17.9 Å². The van der Waals surface area contributed by atoms with E-state index in [9.17, 15) is 4.79 Å². The summed E-state index contributed by atoms with van der Waals surface area (Å²) in [5, 5.41) is 3.76. The number of methoxy groups -OCH3 is 1. The lowest BCUT2D eigenvalue weighted by molar-refractivity contribution is 0.158. The fourth-order valence-electron chi connectivity index (χ4n) is 0.718. The molecule has 1 rings (SSSR count). The Morgan fingerprint density at radius 2 is 2.58 bits per heavy atom. The third-order valence-electron chi connectivity index (χ3n) is 1.16. The van der Waals surface area contributed by atoms with Crippen molar-refractivity contribution in [3.05, 3.63) is 16.4 Å². The molecular weight excluding hydrogens is 160 g/mol. The van der Waals surface area contributed by atoms with Crippen molar-refractivity contribution in [3.63, 3.8) is 0 Å². The topological polar surface area (TPSA) is 57.3 Å². The summed E-state index contributed by atoms with van der Waals surface area (Å²) in [7, 11) is 1.49. The van der Waals surface area contributed by atoms with Gasteiger partial charge < -0.3 is 9.15 Å². The van der Waals surface area contributed by atoms with Crippen LogP contribution in [0.4, 0.5) is 0 Å². The van der Waals surface area contributed by atoms with Gasteiger partial charge in [0.05, 0.1) is 0 Å². The first-order valence-electron chi connectivity index (χ1n) is 3.27. The molecule has 0 aliphatic heterocycles. The molecule has 5 nitrogen and oxygen atoms in total. The third-order valence-corrected chi connectivity index (χ3v) is 1.16. The molecule has 0 saturated carbocycles. The van der Waals surface area contributed by atoms with E-state index in [-0.39, 0.29) is 19.0 Å². The standard InChI is InChI=1S/C7H8N2O3/c1-3-4-9-7(10)12-6(8-9)5-11-2/h1H,4-5H2,2H3. The first kappa shape index (κ1) is 8.56. The maximum absolute atomic E-state index is 10.9. The van der Waals surface area contributed by atoms with Crippen LogP contribution in [0.5, 0.6) is 0 Å². The molecule has 0 bridgehead atoms. The first-order valence-corrected chi connectivity index (χ1v) is 3.27. The Morgan fingerprint density at radius 3 is 3.17 bits per heavy atom. The Labute approximate surface area is 68.9 Å². The lowest BCUT2D eigenvalue weighted by atomic mass is 10.7. The maximum atomic E-state index is 10.9. The van der Waals surface area contributed by atoms with E-state index >= 15 is 0 Å². The van der Waals surface area contributed by atoms with Gasteiger partial charge in [-0.1, -0.05) is 5.92 Å². The van der Waals surface area contributed by atoms with Gasteiger partial charge in [-0.05, 0) is 0 Å². The number of hydrogen-bond donors (Lipinski definition) is 0. The van der Waals surface area contributed by atoms with Gasteiger partial charge in [-0.2, -0.15) is 4.68 Å². The van der Waals surface area contributed by atoms with Gasteiger partial charge in [-0.15, -0.1) is 11.5 Å². The zero-order valence-corrected chi connectivity index (χ0v) is 6.61. The normalized spacial score (nSPS) is 9.67. The summed E-state index contributed by atoms with van der Waals surface area (Å²) in [4.78, 5) is 10.9. The summed E-state index contributed by atoms with van der Waals surface area (Å²) in [5.41, 5.74) is 0. The summed E-state index contributed by atoms with van der Waals surface area (Å²) in [6, 6.07) is 0. The van der Waals surface area contributed by atoms with Gasteiger partial charge in [0.15, 0.2) is 0 Å². The molecule has 0 spiro atoms. The lowest BCUT2D eigenvalue weighted by Gasteiger charge is -1.88. The molecule has 0 atom stereocenters. The Balaban J connectivity index is 2.87. The van der Waals surface area contributed by atoms with Crippen LogP contribution in [0, 0.1) is 12.3 Å². The first-order chi connectivity index (χ1) is 5.77. The summed E-state index contributed by atoms with van der Waals surface area (Å²) in [5.74, 6) is 1.96. The molecular formula is C7H8N2O3. The monoisotopic (exact) mass is 168 g/mol. The van der Waals surface area contributed by atoms with E-state index in [1.165, 1.54) is 7.11 Å². The average Bonchev–Trinajstić information content (AvgIpc) is 2.34. The van der Waals surface area contributed by atoms with Crippen molar-refractivity contribution in [2.24, 2.45) is 0 Å². The zero-order valence-electron chi connectivity index (χ0n) is 6.61. The highest BCUT2D eigenvalue weighted by Crippen LogP contribution is 1.91. The highest BCUT2D eigenvalue weighted by molar-refractivity contribution is 4.84. The van der Waals surface area contributed by atoms with Crippen LogP contribution in [0.2, 0.25) is 0 Å². The summed E-state index contributed by atoms with van der Waals surface area (Å²) in [6.07, 6.45) is 4.99. The predicted octanol–water partition coefficient (Wildman–Crippen LogP) is -0.384. The molecule has 0 fully saturated rings. The van der Waals surface area contributed by atoms with Crippen molar-refractivity contribution in [1.29, 1.82) is 0 Å². The van der Waals surface area contributed by atoms with E-state index in [2.05, 4.69) is 15.4 Å². The van der Waals surface area contributed by atoms with Crippen molar-refractivity contribution < 1.29 is 9.15 Å². The highest BCUT2D eigenvalue weighted by atomic mass is 16.5. The van der Waals surface area contributed by atoms with Gasteiger partial charge in [0, 0.05) is 7.11 Å². The SMILES string of the molecule is C#CCn1nc(COC)oc1=O. The number of nitrogens with zero attached hydrogens (tertiary/aromatic N) is 2. The van der Waals surface area contributed by atoms with E-state index in [0.717, 1.165) is 4.68 Å². The van der Waals surface area contributed by atoms with E-state index < -0.39 is 5.76 Å². The Hall–Kier alpha value is -1.54. The van der Waals surface area contributed by atoms with E-state index in [4.69, 9.17) is 11.2 Å². The zero-order chi connectivity index (χ0) is 8.97. The second-order valence-electron chi connectivity index (χ2n) is 2.06. The molecule has 0 aromatic carbocycles. The van der Waals surface area contributed by atoms with E-state index in [1.54, 1.807) is 0 Å². The second-order valence-corrected chi connectivity index (χ2v) is 2.06. The second kappa shape index (κ2) is 3.74. The van der Waals surface area contributed by atoms with Gasteiger partial charge in [-0.3, -0.25) is 0 Å². The molecule has 0 aliphatic carbocycles. The van der Waals surface area contributed by atoms with Crippen LogP contribution in [0.3, 0.4) is 0 Å². The molecule has 1 aromatic heterocycles. The molecule has 0 amide bonds. The summed E-state index contributed by atoms with van der Waals surface area (Å²) in [6.45, 7) is 0.291. The van der Waals surface area contributed by atoms with Gasteiger partial charge in [0.2, 0.25) is 5.89 Å². The van der Waals surface area contributed by atoms with E-state index in [0.29, 0.717) is 0 Å². The van der Waals surface area contributed by atoms with Gasteiger partial charge in [-0.25, -0.2) is 4.79 Å². The van der Waals surface area contributed by atoms with E-state index in [1.807, 2.05) is 0 Å². The third kappa shape index (κ3) is 1.74. The molecule has 0 aliphatic rings. The van der Waals surface area contributed by atoms with Crippen LogP contribution < -0.4 is 5.76 Å². The molecule has 0 N–H and O–H groups in total. The Kier molecular flexibility index (Phi) is 2.66. The fourth-order valence-corrected chi connectivity index (χ4v) is 0.718. The average molecular weight is 168 g/mol. The number of terminal acetylenes is 1. The van der Waals surface area contributed by atoms with Crippen molar-refractivity contribution in [1.82, 2.24) is 9.78 Å². The highest BCUT2D eigenvalue weighted by Gasteiger charge is 2.05. The molecule has 64 valence electrons. The summed E-state index contributed by atoms with van der Waals surface area (Å²) >= 11 is 0. The predicted molar refractivity (Wildman–Crippen MR) is 40.3 cm³/mol. The van der Waals surface area contributed by atoms with Crippen LogP contribution >= 0.6 is 0 Å². The molecule has 0 saturated heterocycles. The Morgan fingerprint density at radius 1 is 1.83 bits per heavy atom. The maximum Gasteiger partial charge on any atom is 0.438 e. The summed E-state index contributed by atoms with van der Waals surface area (Å²) < 4.78 is 10.5. The minimum Gasteiger partial charge on any atom is -0.390 e. The van der Waals surface area contributed by atoms with Crippen molar-refractivity contribution in [3.8, 4) is 12.3 Å². The Bertz CT molecular complexity index is 344. The van der Waals surface area contributed by atoms with Gasteiger partial charge in [0.1, 0.15) is 13.2 Å². The van der Waals surface area contributed by atoms with Gasteiger partial charge in [0.25, 0.3) is 0 Å². The molecule has 5 heteroatoms. The van der Waals surface area contributed by atoms with Crippen molar-refractivity contribution in [2.45, 2.75) is 13.2 Å². The quantitative estimate of drug-likeness (QED) is 0.577. The van der Waals surface area contributed by atoms with Crippen LogP contribution in [0.25, 0.3) is 0 Å². The van der Waals surface area contributed by atoms with Gasteiger partial charge >= 0.3 is 5.76 Å². The lowest BCUT2D eigenvalue weighted by Crippen LogP contribution is -2.14. The largest absolute Gasteiger partial charge is 0.438 e. The minimum absolute atomic E-state index is 0.117. The smallest absolute Gasteiger partial charge is 0.390 e. The fraction of sp³-hybridized carbons (Fsp3) is 0.429. The van der Waals surface area contributed by atoms with Crippen LogP contribution in [0.1, 0.15) is 5.89 Å². The van der Waals surface area contributed by atoms with Crippen molar-refractivity contribution >= 4 is 0 Å². The molecule has 0 unspecified atom stereocenters. The number of rotatable bonds is 3. The molecule has 0 radical (unpaired) electrons. The molecule has 1 heterocycles. The van der Waals surface area contributed by atoms with Crippen LogP contribution in [0.15, 0.2) is 9.21 Å². The molecule has 12 heavy (non-hydrogen) atoms. The van der Waals surface area contributed by atoms with Crippen LogP contribution in [-0.4, -0.2) is 16.9 Å². The number of hydrogen-bond acceptors (Lipinski definition) is 4. The number of aromatic nitrogens is 2. The number of ether oxygens (including phenoxy) is 1. The molecule has 1 aromatic rings. The minimum atomic E-state index is -0.556. The van der Waals surface area contributed by atoms with Crippen molar-refractivity contribution in [2.75, 3.05) is 7.11 Å².